The Hall–Kier alpha value is -2.33. The third-order valence-electron chi connectivity index (χ3n) is 4.96. The minimum absolute atomic E-state index is 0.0246. The van der Waals surface area contributed by atoms with Crippen LogP contribution in [0.15, 0.2) is 48.5 Å². The second kappa shape index (κ2) is 7.28. The van der Waals surface area contributed by atoms with Crippen LogP contribution in [0.4, 0.5) is 0 Å². The van der Waals surface area contributed by atoms with E-state index in [1.807, 2.05) is 24.3 Å². The van der Waals surface area contributed by atoms with Gasteiger partial charge in [0.2, 0.25) is 0 Å². The number of carbonyl (C=O) groups is 1. The van der Waals surface area contributed by atoms with E-state index in [1.165, 1.54) is 11.1 Å². The molecule has 2 aliphatic rings. The van der Waals surface area contributed by atoms with E-state index in [2.05, 4.69) is 29.6 Å². The van der Waals surface area contributed by atoms with Gasteiger partial charge in [-0.25, -0.2) is 0 Å². The summed E-state index contributed by atoms with van der Waals surface area (Å²) in [6.45, 7) is 1.41. The summed E-state index contributed by atoms with van der Waals surface area (Å²) in [4.78, 5) is 12.5. The first-order valence-corrected chi connectivity index (χ1v) is 9.00. The maximum Gasteiger partial charge on any atom is 0.251 e. The molecule has 1 heterocycles. The van der Waals surface area contributed by atoms with Gasteiger partial charge in [0.05, 0.1) is 6.10 Å². The van der Waals surface area contributed by atoms with Crippen LogP contribution in [0, 0.1) is 0 Å². The van der Waals surface area contributed by atoms with Gasteiger partial charge in [-0.15, -0.1) is 0 Å². The Morgan fingerprint density at radius 1 is 1.08 bits per heavy atom. The van der Waals surface area contributed by atoms with Crippen molar-refractivity contribution < 1.29 is 14.3 Å². The van der Waals surface area contributed by atoms with Crippen LogP contribution in [0.1, 0.15) is 34.3 Å². The smallest absolute Gasteiger partial charge is 0.251 e. The summed E-state index contributed by atoms with van der Waals surface area (Å²) in [6, 6.07) is 15.9. The number of nitrogens with one attached hydrogen (secondary N) is 1. The van der Waals surface area contributed by atoms with Gasteiger partial charge in [-0.1, -0.05) is 24.3 Å². The number of ether oxygens (including phenoxy) is 2. The Morgan fingerprint density at radius 3 is 2.44 bits per heavy atom. The second-order valence-corrected chi connectivity index (χ2v) is 6.82. The van der Waals surface area contributed by atoms with Crippen LogP contribution in [0.5, 0.6) is 5.75 Å². The number of rotatable bonds is 5. The molecule has 1 saturated heterocycles. The molecule has 1 aliphatic heterocycles. The van der Waals surface area contributed by atoms with E-state index < -0.39 is 0 Å². The molecule has 0 aromatic heterocycles. The maximum atomic E-state index is 12.5. The highest BCUT2D eigenvalue weighted by atomic mass is 16.5. The van der Waals surface area contributed by atoms with E-state index in [1.54, 1.807) is 0 Å². The predicted octanol–water partition coefficient (Wildman–Crippen LogP) is 3.14. The average Bonchev–Trinajstić information content (AvgIpc) is 3.29. The number of carbonyl (C=O) groups excluding carboxylic acids is 1. The predicted molar refractivity (Wildman–Crippen MR) is 96.0 cm³/mol. The molecular formula is C21H23NO3. The fourth-order valence-electron chi connectivity index (χ4n) is 3.60. The summed E-state index contributed by atoms with van der Waals surface area (Å²) < 4.78 is 11.3. The fourth-order valence-corrected chi connectivity index (χ4v) is 3.60. The average molecular weight is 337 g/mol. The second-order valence-electron chi connectivity index (χ2n) is 6.82. The minimum atomic E-state index is -0.0246. The molecule has 1 aliphatic carbocycles. The Morgan fingerprint density at radius 2 is 1.80 bits per heavy atom. The molecule has 25 heavy (non-hydrogen) atoms. The van der Waals surface area contributed by atoms with E-state index in [0.717, 1.165) is 38.0 Å². The van der Waals surface area contributed by atoms with Gasteiger partial charge < -0.3 is 14.8 Å². The highest BCUT2D eigenvalue weighted by molar-refractivity contribution is 5.94. The van der Waals surface area contributed by atoms with Crippen LogP contribution in [0.3, 0.4) is 0 Å². The van der Waals surface area contributed by atoms with Crippen molar-refractivity contribution in [2.24, 2.45) is 0 Å². The normalized spacial score (nSPS) is 19.6. The first-order chi connectivity index (χ1) is 12.3. The van der Waals surface area contributed by atoms with E-state index in [9.17, 15) is 4.79 Å². The Bertz CT molecular complexity index is 710. The molecule has 0 spiro atoms. The molecule has 1 atom stereocenters. The Labute approximate surface area is 148 Å². The molecule has 4 heteroatoms. The molecule has 2 aromatic rings. The van der Waals surface area contributed by atoms with E-state index in [0.29, 0.717) is 12.2 Å². The fraction of sp³-hybridized carbons (Fsp3) is 0.381. The summed E-state index contributed by atoms with van der Waals surface area (Å²) in [5.41, 5.74) is 3.34. The third kappa shape index (κ3) is 3.85. The van der Waals surface area contributed by atoms with Crippen molar-refractivity contribution in [3.63, 3.8) is 0 Å². The van der Waals surface area contributed by atoms with Crippen molar-refractivity contribution in [2.75, 3.05) is 13.2 Å². The quantitative estimate of drug-likeness (QED) is 0.912. The van der Waals surface area contributed by atoms with Crippen molar-refractivity contribution in [1.82, 2.24) is 5.32 Å². The number of hydrogen-bond acceptors (Lipinski definition) is 3. The molecule has 0 bridgehead atoms. The van der Waals surface area contributed by atoms with Gasteiger partial charge in [0, 0.05) is 18.2 Å². The maximum absolute atomic E-state index is 12.5. The largest absolute Gasteiger partial charge is 0.491 e. The van der Waals surface area contributed by atoms with Crippen LogP contribution in [0.25, 0.3) is 0 Å². The van der Waals surface area contributed by atoms with Crippen LogP contribution in [-0.2, 0) is 17.6 Å². The summed E-state index contributed by atoms with van der Waals surface area (Å²) in [6.07, 6.45) is 4.18. The zero-order valence-electron chi connectivity index (χ0n) is 14.2. The first kappa shape index (κ1) is 16.2. The molecule has 1 fully saturated rings. The molecule has 1 unspecified atom stereocenters. The van der Waals surface area contributed by atoms with Crippen LogP contribution in [0.2, 0.25) is 0 Å². The number of amides is 1. The molecule has 0 saturated carbocycles. The van der Waals surface area contributed by atoms with Gasteiger partial charge in [-0.05, 0) is 61.1 Å². The number of fused-ring (bicyclic) bond motifs is 1. The molecule has 4 rings (SSSR count). The number of hydrogen-bond donors (Lipinski definition) is 1. The lowest BCUT2D eigenvalue weighted by Crippen LogP contribution is -2.35. The summed E-state index contributed by atoms with van der Waals surface area (Å²) in [7, 11) is 0. The van der Waals surface area contributed by atoms with Crippen LogP contribution < -0.4 is 10.1 Å². The topological polar surface area (TPSA) is 47.6 Å². The summed E-state index contributed by atoms with van der Waals surface area (Å²) in [5, 5.41) is 3.14. The highest BCUT2D eigenvalue weighted by Crippen LogP contribution is 2.22. The van der Waals surface area contributed by atoms with E-state index in [4.69, 9.17) is 9.47 Å². The molecule has 1 amide bonds. The van der Waals surface area contributed by atoms with Crippen molar-refractivity contribution in [3.8, 4) is 5.75 Å². The first-order valence-electron chi connectivity index (χ1n) is 9.00. The van der Waals surface area contributed by atoms with Gasteiger partial charge in [-0.3, -0.25) is 4.79 Å². The van der Waals surface area contributed by atoms with Crippen molar-refractivity contribution in [3.05, 3.63) is 65.2 Å². The van der Waals surface area contributed by atoms with E-state index >= 15 is 0 Å². The number of benzene rings is 2. The van der Waals surface area contributed by atoms with Gasteiger partial charge in [-0.2, -0.15) is 0 Å². The summed E-state index contributed by atoms with van der Waals surface area (Å²) in [5.74, 6) is 0.754. The zero-order valence-corrected chi connectivity index (χ0v) is 14.2. The van der Waals surface area contributed by atoms with Gasteiger partial charge in [0.25, 0.3) is 5.91 Å². The van der Waals surface area contributed by atoms with Gasteiger partial charge in [0.1, 0.15) is 12.4 Å². The summed E-state index contributed by atoms with van der Waals surface area (Å²) >= 11 is 0. The Kier molecular flexibility index (Phi) is 4.70. The van der Waals surface area contributed by atoms with Crippen molar-refractivity contribution in [1.29, 1.82) is 0 Å². The molecular weight excluding hydrogens is 314 g/mol. The lowest BCUT2D eigenvalue weighted by atomic mass is 10.1. The standard InChI is InChI=1S/C21H23NO3/c23-21(22-18-12-16-4-1-2-5-17(16)13-18)15-7-9-19(10-8-15)25-14-20-6-3-11-24-20/h1-2,4-5,7-10,18,20H,3,6,11-14H2,(H,22,23). The molecule has 4 nitrogen and oxygen atoms in total. The van der Waals surface area contributed by atoms with Gasteiger partial charge in [0.15, 0.2) is 0 Å². The van der Waals surface area contributed by atoms with E-state index in [-0.39, 0.29) is 18.1 Å². The third-order valence-corrected chi connectivity index (χ3v) is 4.96. The molecule has 0 radical (unpaired) electrons. The molecule has 2 aromatic carbocycles. The van der Waals surface area contributed by atoms with Crippen molar-refractivity contribution >= 4 is 5.91 Å². The van der Waals surface area contributed by atoms with Crippen LogP contribution in [-0.4, -0.2) is 31.3 Å². The van der Waals surface area contributed by atoms with Crippen LogP contribution >= 0.6 is 0 Å². The van der Waals surface area contributed by atoms with Crippen molar-refractivity contribution in [2.45, 2.75) is 37.8 Å². The lowest BCUT2D eigenvalue weighted by molar-refractivity contribution is 0.0679. The monoisotopic (exact) mass is 337 g/mol. The Balaban J connectivity index is 1.30. The SMILES string of the molecule is O=C(NC1Cc2ccccc2C1)c1ccc(OCC2CCCO2)cc1. The van der Waals surface area contributed by atoms with Gasteiger partial charge >= 0.3 is 0 Å². The molecule has 130 valence electrons. The molecule has 1 N–H and O–H groups in total. The highest BCUT2D eigenvalue weighted by Gasteiger charge is 2.22. The minimum Gasteiger partial charge on any atom is -0.491 e. The lowest BCUT2D eigenvalue weighted by Gasteiger charge is -2.13. The zero-order chi connectivity index (χ0) is 17.1.